The molecule has 4 heteroatoms. The highest BCUT2D eigenvalue weighted by Crippen LogP contribution is 2.28. The molecule has 0 atom stereocenters. The predicted octanol–water partition coefficient (Wildman–Crippen LogP) is 6.81. The van der Waals surface area contributed by atoms with Crippen LogP contribution in [-0.4, -0.2) is 10.9 Å². The van der Waals surface area contributed by atoms with Crippen molar-refractivity contribution in [1.82, 2.24) is 4.98 Å². The molecule has 1 amide bonds. The third-order valence-electron chi connectivity index (χ3n) is 5.27. The minimum Gasteiger partial charge on any atom is -0.302 e. The maximum Gasteiger partial charge on any atom is 0.230 e. The summed E-state index contributed by atoms with van der Waals surface area (Å²) in [5.41, 5.74) is 5.27. The van der Waals surface area contributed by atoms with E-state index in [2.05, 4.69) is 64.9 Å². The molecule has 0 bridgehead atoms. The van der Waals surface area contributed by atoms with Crippen molar-refractivity contribution >= 4 is 33.1 Å². The number of nitrogens with zero attached hydrogens (tertiary/aromatic N) is 1. The third-order valence-corrected chi connectivity index (χ3v) is 6.03. The van der Waals surface area contributed by atoms with Gasteiger partial charge in [-0.3, -0.25) is 4.79 Å². The van der Waals surface area contributed by atoms with Crippen LogP contribution in [-0.2, 0) is 11.2 Å². The summed E-state index contributed by atoms with van der Waals surface area (Å²) in [6.07, 6.45) is 0.321. The maximum atomic E-state index is 12.6. The maximum absolute atomic E-state index is 12.6. The van der Waals surface area contributed by atoms with Gasteiger partial charge < -0.3 is 5.32 Å². The predicted molar refractivity (Wildman–Crippen MR) is 129 cm³/mol. The Kier molecular flexibility index (Phi) is 5.29. The molecule has 0 aliphatic heterocycles. The molecule has 0 aliphatic carbocycles. The summed E-state index contributed by atoms with van der Waals surface area (Å²) in [7, 11) is 0. The molecule has 0 fully saturated rings. The Morgan fingerprint density at radius 2 is 1.42 bits per heavy atom. The second kappa shape index (κ2) is 8.54. The summed E-state index contributed by atoms with van der Waals surface area (Å²) in [5, 5.41) is 7.80. The standard InChI is InChI=1S/C27H20N2OS/c30-26(17-23-11-6-10-21-9-4-5-12-24(21)23)29-27-28-25(18-31-27)22-15-13-20(14-16-22)19-7-2-1-3-8-19/h1-16,18H,17H2,(H,28,29,30). The number of aromatic nitrogens is 1. The lowest BCUT2D eigenvalue weighted by Crippen LogP contribution is -2.14. The molecule has 0 aliphatic rings. The number of benzene rings is 4. The van der Waals surface area contributed by atoms with E-state index >= 15 is 0 Å². The van der Waals surface area contributed by atoms with Gasteiger partial charge in [0.2, 0.25) is 5.91 Å². The number of anilines is 1. The molecule has 0 saturated heterocycles. The van der Waals surface area contributed by atoms with Crippen molar-refractivity contribution < 1.29 is 4.79 Å². The molecule has 1 N–H and O–H groups in total. The molecule has 1 aromatic heterocycles. The van der Waals surface area contributed by atoms with Crippen LogP contribution in [0.2, 0.25) is 0 Å². The number of nitrogens with one attached hydrogen (secondary N) is 1. The smallest absolute Gasteiger partial charge is 0.230 e. The van der Waals surface area contributed by atoms with Gasteiger partial charge in [0.05, 0.1) is 12.1 Å². The highest BCUT2D eigenvalue weighted by molar-refractivity contribution is 7.14. The first kappa shape index (κ1) is 19.2. The van der Waals surface area contributed by atoms with Crippen molar-refractivity contribution in [2.45, 2.75) is 6.42 Å². The van der Waals surface area contributed by atoms with Crippen LogP contribution in [0, 0.1) is 0 Å². The molecule has 31 heavy (non-hydrogen) atoms. The van der Waals surface area contributed by atoms with Crippen molar-refractivity contribution in [1.29, 1.82) is 0 Å². The first-order valence-electron chi connectivity index (χ1n) is 10.1. The first-order chi connectivity index (χ1) is 15.3. The Morgan fingerprint density at radius 1 is 0.742 bits per heavy atom. The van der Waals surface area contributed by atoms with Crippen LogP contribution in [0.25, 0.3) is 33.2 Å². The fraction of sp³-hybridized carbons (Fsp3) is 0.0370. The number of thiazole rings is 1. The Balaban J connectivity index is 1.29. The van der Waals surface area contributed by atoms with E-state index in [1.165, 1.54) is 22.5 Å². The molecule has 0 unspecified atom stereocenters. The van der Waals surface area contributed by atoms with Crippen molar-refractivity contribution in [3.8, 4) is 22.4 Å². The Hall–Kier alpha value is -3.76. The Bertz CT molecular complexity index is 1340. The molecule has 0 radical (unpaired) electrons. The number of fused-ring (bicyclic) bond motifs is 1. The average molecular weight is 421 g/mol. The van der Waals surface area contributed by atoms with Crippen molar-refractivity contribution in [3.05, 3.63) is 108 Å². The van der Waals surface area contributed by atoms with Crippen LogP contribution in [0.1, 0.15) is 5.56 Å². The van der Waals surface area contributed by atoms with Crippen molar-refractivity contribution in [3.63, 3.8) is 0 Å². The first-order valence-corrected chi connectivity index (χ1v) is 11.0. The zero-order chi connectivity index (χ0) is 21.0. The minimum atomic E-state index is -0.0586. The lowest BCUT2D eigenvalue weighted by Gasteiger charge is -2.06. The van der Waals surface area contributed by atoms with Crippen LogP contribution in [0.3, 0.4) is 0 Å². The zero-order valence-electron chi connectivity index (χ0n) is 16.8. The Morgan fingerprint density at radius 3 is 2.26 bits per heavy atom. The molecule has 150 valence electrons. The summed E-state index contributed by atoms with van der Waals surface area (Å²) < 4.78 is 0. The van der Waals surface area contributed by atoms with E-state index in [1.54, 1.807) is 0 Å². The van der Waals surface area contributed by atoms with E-state index in [9.17, 15) is 4.79 Å². The van der Waals surface area contributed by atoms with E-state index in [1.807, 2.05) is 47.8 Å². The highest BCUT2D eigenvalue weighted by Gasteiger charge is 2.11. The summed E-state index contributed by atoms with van der Waals surface area (Å²) in [6.45, 7) is 0. The summed E-state index contributed by atoms with van der Waals surface area (Å²) in [5.74, 6) is -0.0586. The van der Waals surface area contributed by atoms with Gasteiger partial charge in [0, 0.05) is 10.9 Å². The van der Waals surface area contributed by atoms with Gasteiger partial charge in [-0.25, -0.2) is 4.98 Å². The SMILES string of the molecule is O=C(Cc1cccc2ccccc12)Nc1nc(-c2ccc(-c3ccccc3)cc2)cs1. The second-order valence-electron chi connectivity index (χ2n) is 7.34. The topological polar surface area (TPSA) is 42.0 Å². The van der Waals surface area contributed by atoms with Gasteiger partial charge in [-0.2, -0.15) is 0 Å². The lowest BCUT2D eigenvalue weighted by molar-refractivity contribution is -0.115. The molecule has 3 nitrogen and oxygen atoms in total. The monoisotopic (exact) mass is 420 g/mol. The molecule has 0 saturated carbocycles. The summed E-state index contributed by atoms with van der Waals surface area (Å²) >= 11 is 1.44. The van der Waals surface area contributed by atoms with Crippen molar-refractivity contribution in [2.24, 2.45) is 0 Å². The van der Waals surface area contributed by atoms with E-state index in [0.29, 0.717) is 11.6 Å². The Labute approximate surface area is 185 Å². The van der Waals surface area contributed by atoms with Gasteiger partial charge in [0.1, 0.15) is 0 Å². The minimum absolute atomic E-state index is 0.0586. The fourth-order valence-corrected chi connectivity index (χ4v) is 4.45. The molecule has 4 aromatic carbocycles. The number of amides is 1. The number of hydrogen-bond acceptors (Lipinski definition) is 3. The van der Waals surface area contributed by atoms with E-state index < -0.39 is 0 Å². The van der Waals surface area contributed by atoms with E-state index in [-0.39, 0.29) is 5.91 Å². The second-order valence-corrected chi connectivity index (χ2v) is 8.20. The van der Waals surface area contributed by atoms with E-state index in [4.69, 9.17) is 0 Å². The highest BCUT2D eigenvalue weighted by atomic mass is 32.1. The zero-order valence-corrected chi connectivity index (χ0v) is 17.6. The summed E-state index contributed by atoms with van der Waals surface area (Å²) in [4.78, 5) is 17.2. The molecular formula is C27H20N2OS. The van der Waals surface area contributed by atoms with Gasteiger partial charge in [-0.15, -0.1) is 11.3 Å². The van der Waals surface area contributed by atoms with Gasteiger partial charge in [0.15, 0.2) is 5.13 Å². The van der Waals surface area contributed by atoms with Gasteiger partial charge in [0.25, 0.3) is 0 Å². The number of rotatable bonds is 5. The average Bonchev–Trinajstić information content (AvgIpc) is 3.28. The van der Waals surface area contributed by atoms with Gasteiger partial charge in [-0.1, -0.05) is 97.1 Å². The normalized spacial score (nSPS) is 10.8. The van der Waals surface area contributed by atoms with Crippen LogP contribution in [0.5, 0.6) is 0 Å². The molecule has 1 heterocycles. The van der Waals surface area contributed by atoms with Crippen LogP contribution in [0.4, 0.5) is 5.13 Å². The molecule has 5 aromatic rings. The molecule has 0 spiro atoms. The van der Waals surface area contributed by atoms with E-state index in [0.717, 1.165) is 27.6 Å². The van der Waals surface area contributed by atoms with Gasteiger partial charge in [-0.05, 0) is 27.5 Å². The van der Waals surface area contributed by atoms with Crippen molar-refractivity contribution in [2.75, 3.05) is 5.32 Å². The van der Waals surface area contributed by atoms with Crippen LogP contribution >= 0.6 is 11.3 Å². The quantitative estimate of drug-likeness (QED) is 0.339. The van der Waals surface area contributed by atoms with Crippen LogP contribution < -0.4 is 5.32 Å². The van der Waals surface area contributed by atoms with Gasteiger partial charge >= 0.3 is 0 Å². The molecular weight excluding hydrogens is 400 g/mol. The third kappa shape index (κ3) is 4.25. The summed E-state index contributed by atoms with van der Waals surface area (Å²) in [6, 6.07) is 32.8. The largest absolute Gasteiger partial charge is 0.302 e. The lowest BCUT2D eigenvalue weighted by atomic mass is 10.0. The molecule has 5 rings (SSSR count). The number of hydrogen-bond donors (Lipinski definition) is 1. The number of carbonyl (C=O) groups is 1. The van der Waals surface area contributed by atoms with Crippen LogP contribution in [0.15, 0.2) is 102 Å². The fourth-order valence-electron chi connectivity index (χ4n) is 3.71. The number of carbonyl (C=O) groups excluding carboxylic acids is 1.